The molecule has 4 aliphatic rings. The molecule has 0 saturated carbocycles. The minimum Gasteiger partial charge on any atom is -0.317 e. The van der Waals surface area contributed by atoms with E-state index in [1.807, 2.05) is 0 Å². The van der Waals surface area contributed by atoms with Gasteiger partial charge in [-0.3, -0.25) is 4.99 Å². The highest BCUT2D eigenvalue weighted by molar-refractivity contribution is 6.14. The molecule has 0 amide bonds. The van der Waals surface area contributed by atoms with Gasteiger partial charge in [-0.25, -0.2) is 0 Å². The molecule has 0 fully saturated rings. The van der Waals surface area contributed by atoms with Crippen LogP contribution < -0.4 is 4.90 Å². The van der Waals surface area contributed by atoms with Gasteiger partial charge in [0.15, 0.2) is 0 Å². The zero-order valence-corrected chi connectivity index (χ0v) is 28.9. The van der Waals surface area contributed by atoms with E-state index in [0.29, 0.717) is 0 Å². The summed E-state index contributed by atoms with van der Waals surface area (Å²) in [6.45, 7) is 0. The van der Waals surface area contributed by atoms with Crippen LogP contribution in [0, 0.1) is 0 Å². The van der Waals surface area contributed by atoms with Gasteiger partial charge in [0, 0.05) is 22.0 Å². The summed E-state index contributed by atoms with van der Waals surface area (Å²) < 4.78 is 2.51. The Morgan fingerprint density at radius 2 is 1.19 bits per heavy atom. The predicted molar refractivity (Wildman–Crippen MR) is 218 cm³/mol. The molecule has 1 spiro atoms. The lowest BCUT2D eigenvalue weighted by Crippen LogP contribution is -2.39. The van der Waals surface area contributed by atoms with Crippen LogP contribution in [0.5, 0.6) is 0 Å². The Labute approximate surface area is 308 Å². The number of aromatic nitrogens is 1. The van der Waals surface area contributed by atoms with Gasteiger partial charge < -0.3 is 9.47 Å². The molecule has 0 bridgehead atoms. The van der Waals surface area contributed by atoms with Crippen LogP contribution in [0.1, 0.15) is 27.8 Å². The first-order valence-electron chi connectivity index (χ1n) is 18.6. The number of hydrogen-bond donors (Lipinski definition) is 0. The van der Waals surface area contributed by atoms with Gasteiger partial charge in [0.2, 0.25) is 0 Å². The lowest BCUT2D eigenvalue weighted by Gasteiger charge is -2.39. The fraction of sp³-hybridized carbons (Fsp3) is 0.0600. The number of hydrogen-bond acceptors (Lipinski definition) is 2. The van der Waals surface area contributed by atoms with Crippen molar-refractivity contribution in [1.29, 1.82) is 0 Å². The molecule has 2 aliphatic heterocycles. The van der Waals surface area contributed by atoms with E-state index >= 15 is 0 Å². The van der Waals surface area contributed by atoms with Crippen molar-refractivity contribution in [3.05, 3.63) is 216 Å². The van der Waals surface area contributed by atoms with Crippen molar-refractivity contribution in [2.75, 3.05) is 4.90 Å². The van der Waals surface area contributed by atoms with Crippen LogP contribution in [0.2, 0.25) is 0 Å². The highest BCUT2D eigenvalue weighted by Crippen LogP contribution is 2.61. The Morgan fingerprint density at radius 1 is 0.491 bits per heavy atom. The topological polar surface area (TPSA) is 20.5 Å². The molecule has 1 aromatic heterocycles. The van der Waals surface area contributed by atoms with Crippen molar-refractivity contribution >= 4 is 33.3 Å². The van der Waals surface area contributed by atoms with Crippen LogP contribution in [-0.2, 0) is 5.41 Å². The van der Waals surface area contributed by atoms with Crippen molar-refractivity contribution < 1.29 is 0 Å². The third-order valence-electron chi connectivity index (χ3n) is 12.1. The van der Waals surface area contributed by atoms with E-state index in [-0.39, 0.29) is 12.1 Å². The van der Waals surface area contributed by atoms with Crippen molar-refractivity contribution in [2.24, 2.45) is 4.99 Å². The Kier molecular flexibility index (Phi) is 5.82. The van der Waals surface area contributed by atoms with E-state index in [9.17, 15) is 0 Å². The molecule has 3 atom stereocenters. The minimum absolute atomic E-state index is 0.103. The number of anilines is 1. The summed E-state index contributed by atoms with van der Waals surface area (Å²) in [6, 6.07) is 61.1. The first-order valence-corrected chi connectivity index (χ1v) is 18.6. The van der Waals surface area contributed by atoms with Crippen LogP contribution in [0.4, 0.5) is 5.69 Å². The van der Waals surface area contributed by atoms with Crippen molar-refractivity contribution in [3.8, 4) is 27.9 Å². The molecule has 3 nitrogen and oxygen atoms in total. The zero-order valence-electron chi connectivity index (χ0n) is 28.9. The second-order valence-corrected chi connectivity index (χ2v) is 14.6. The Bertz CT molecular complexity index is 2910. The standard InChI is InChI=1S/C50H33N3/c1-2-13-33(14-3-1)49-51-44-21-8-11-24-47(44)52(49)35-28-25-32(26-29-35)34-27-30-37-36-15-4-6-18-40(36)50(43(37)31-34)41-19-7-10-23-46(41)53-45-22-9-5-16-38(45)39-17-12-20-42(50)48(39)53/h1-31,44,47H. The fourth-order valence-corrected chi connectivity index (χ4v) is 9.94. The highest BCUT2D eigenvalue weighted by atomic mass is 15.3. The Morgan fingerprint density at radius 3 is 2.09 bits per heavy atom. The van der Waals surface area contributed by atoms with E-state index in [0.717, 1.165) is 17.1 Å². The number of nitrogens with zero attached hydrogens (tertiary/aromatic N) is 3. The van der Waals surface area contributed by atoms with E-state index in [2.05, 4.69) is 198 Å². The predicted octanol–water partition coefficient (Wildman–Crippen LogP) is 11.3. The van der Waals surface area contributed by atoms with Gasteiger partial charge in [-0.2, -0.15) is 0 Å². The molecule has 7 aromatic carbocycles. The first-order chi connectivity index (χ1) is 26.3. The molecule has 12 rings (SSSR count). The smallest absolute Gasteiger partial charge is 0.136 e. The molecule has 0 radical (unpaired) electrons. The van der Waals surface area contributed by atoms with Gasteiger partial charge in [-0.05, 0) is 74.8 Å². The SMILES string of the molecule is C1=CC2N=C(c3ccccc3)N(c3ccc(-c4ccc5c(c4)C4(c6ccccc6-5)c5ccccc5-n5c6ccccc6c6cccc4c65)cc3)C2C=C1. The number of aliphatic imine (C=N–C) groups is 1. The van der Waals surface area contributed by atoms with Gasteiger partial charge in [-0.15, -0.1) is 0 Å². The highest BCUT2D eigenvalue weighted by Gasteiger charge is 2.50. The molecule has 3 unspecified atom stereocenters. The molecule has 2 aliphatic carbocycles. The average Bonchev–Trinajstić information content (AvgIpc) is 3.88. The monoisotopic (exact) mass is 675 g/mol. The molecule has 8 aromatic rings. The third-order valence-corrected chi connectivity index (χ3v) is 12.1. The second kappa shape index (κ2) is 10.7. The maximum absolute atomic E-state index is 5.19. The quantitative estimate of drug-likeness (QED) is 0.183. The number of allylic oxidation sites excluding steroid dienone is 2. The van der Waals surface area contributed by atoms with E-state index in [4.69, 9.17) is 4.99 Å². The first kappa shape index (κ1) is 28.9. The van der Waals surface area contributed by atoms with E-state index in [1.165, 1.54) is 72.0 Å². The van der Waals surface area contributed by atoms with E-state index < -0.39 is 5.41 Å². The maximum atomic E-state index is 5.19. The lowest BCUT2D eigenvalue weighted by molar-refractivity contribution is 0.739. The normalized spacial score (nSPS) is 20.1. The summed E-state index contributed by atoms with van der Waals surface area (Å²) >= 11 is 0. The minimum atomic E-state index is -0.463. The van der Waals surface area contributed by atoms with Crippen molar-refractivity contribution in [1.82, 2.24) is 4.57 Å². The largest absolute Gasteiger partial charge is 0.317 e. The van der Waals surface area contributed by atoms with Gasteiger partial charge in [0.1, 0.15) is 5.84 Å². The number of benzene rings is 7. The molecule has 0 N–H and O–H groups in total. The summed E-state index contributed by atoms with van der Waals surface area (Å²) in [6.07, 6.45) is 8.75. The van der Waals surface area contributed by atoms with Gasteiger partial charge in [0.05, 0.1) is 34.2 Å². The van der Waals surface area contributed by atoms with Crippen LogP contribution in [0.3, 0.4) is 0 Å². The Hall–Kier alpha value is -6.71. The summed E-state index contributed by atoms with van der Waals surface area (Å²) in [5.41, 5.74) is 16.0. The number of rotatable bonds is 3. The molecule has 3 heterocycles. The Balaban J connectivity index is 1.05. The van der Waals surface area contributed by atoms with Crippen molar-refractivity contribution in [3.63, 3.8) is 0 Å². The van der Waals surface area contributed by atoms with Gasteiger partial charge in [0.25, 0.3) is 0 Å². The summed E-state index contributed by atoms with van der Waals surface area (Å²) in [5.74, 6) is 1.02. The molecular formula is C50H33N3. The van der Waals surface area contributed by atoms with Crippen LogP contribution in [0.25, 0.3) is 49.7 Å². The maximum Gasteiger partial charge on any atom is 0.136 e. The fourth-order valence-electron chi connectivity index (χ4n) is 9.94. The van der Waals surface area contributed by atoms with Crippen LogP contribution >= 0.6 is 0 Å². The molecule has 53 heavy (non-hydrogen) atoms. The molecular weight excluding hydrogens is 643 g/mol. The van der Waals surface area contributed by atoms with Crippen LogP contribution in [0.15, 0.2) is 193 Å². The van der Waals surface area contributed by atoms with Gasteiger partial charge in [-0.1, -0.05) is 158 Å². The average molecular weight is 676 g/mol. The van der Waals surface area contributed by atoms with Gasteiger partial charge >= 0.3 is 0 Å². The summed E-state index contributed by atoms with van der Waals surface area (Å²) in [4.78, 5) is 7.59. The molecule has 3 heteroatoms. The molecule has 0 saturated heterocycles. The number of fused-ring (bicyclic) bond motifs is 13. The number of para-hydroxylation sites is 3. The van der Waals surface area contributed by atoms with E-state index in [1.54, 1.807) is 0 Å². The second-order valence-electron chi connectivity index (χ2n) is 14.6. The van der Waals surface area contributed by atoms with Crippen LogP contribution in [-0.4, -0.2) is 22.5 Å². The number of amidine groups is 1. The summed E-state index contributed by atoms with van der Waals surface area (Å²) in [5, 5.41) is 2.59. The third kappa shape index (κ3) is 3.76. The summed E-state index contributed by atoms with van der Waals surface area (Å²) in [7, 11) is 0. The zero-order chi connectivity index (χ0) is 34.7. The molecule has 248 valence electrons. The van der Waals surface area contributed by atoms with Crippen molar-refractivity contribution in [2.45, 2.75) is 17.5 Å². The lowest BCUT2D eigenvalue weighted by atomic mass is 9.65.